The number of carboxylic acids is 1. The van der Waals surface area contributed by atoms with Crippen molar-refractivity contribution >= 4 is 41.1 Å². The number of nitrogens with one attached hydrogen (secondary N) is 2. The standard InChI is InChI=1S/C32H30F3N3O3.C24H22F3N3O3.C2HF3O/c1-20(22-6-3-2-4-7-22)41-30(40)24-15-31(16-24)17-26(18-31)37-29(39)27-19-36-38-13-5-8-23(28(27)38)14-21-9-11-25(12-10-21)32(33,34)35;25-24(26,27)17-5-3-14(4-6-17)8-15-2-1-7-30-20(15)19(13-28-30)21(31)29-18-11-23(12-18)9-16(10-23)22(32)33;3-2(4,5)1-6/h2-13,19-20,24,26H,14-18H2,1H3,(H,37,39);1-7,13,16,18H,8-12H2,(H,29,31)(H,32,33);1H/t20-,24?,26?,31?;;/m0../s1. The second-order valence-corrected chi connectivity index (χ2v) is 21.4. The topological polar surface area (TPSA) is 173 Å². The van der Waals surface area contributed by atoms with Gasteiger partial charge in [-0.1, -0.05) is 66.7 Å². The highest BCUT2D eigenvalue weighted by Crippen LogP contribution is 2.60. The van der Waals surface area contributed by atoms with Crippen molar-refractivity contribution in [1.82, 2.24) is 29.9 Å². The number of aromatic nitrogens is 4. The number of pyridine rings is 2. The van der Waals surface area contributed by atoms with Gasteiger partial charge in [-0.15, -0.1) is 0 Å². The lowest BCUT2D eigenvalue weighted by molar-refractivity contribution is -0.167. The van der Waals surface area contributed by atoms with Crippen LogP contribution in [0, 0.1) is 22.7 Å². The van der Waals surface area contributed by atoms with Gasteiger partial charge in [-0.2, -0.15) is 49.7 Å². The lowest BCUT2D eigenvalue weighted by Crippen LogP contribution is -2.57. The predicted octanol–water partition coefficient (Wildman–Crippen LogP) is 11.6. The van der Waals surface area contributed by atoms with Crippen LogP contribution in [-0.4, -0.2) is 72.6 Å². The Morgan fingerprint density at radius 1 is 0.613 bits per heavy atom. The highest BCUT2D eigenvalue weighted by atomic mass is 19.4. The average molecular weight is 1120 g/mol. The van der Waals surface area contributed by atoms with Crippen LogP contribution >= 0.6 is 0 Å². The molecule has 0 unspecified atom stereocenters. The molecule has 3 N–H and O–H groups in total. The Kier molecular flexibility index (Phi) is 15.8. The van der Waals surface area contributed by atoms with Crippen LogP contribution in [0.3, 0.4) is 0 Å². The molecule has 4 saturated carbocycles. The Bertz CT molecular complexity index is 3380. The molecule has 0 aliphatic heterocycles. The molecule has 0 saturated heterocycles. The minimum atomic E-state index is -4.64. The molecule has 7 aromatic rings. The Hall–Kier alpha value is -8.04. The van der Waals surface area contributed by atoms with Crippen molar-refractivity contribution < 1.29 is 73.3 Å². The van der Waals surface area contributed by atoms with Crippen LogP contribution in [0.4, 0.5) is 39.5 Å². The third-order valence-electron chi connectivity index (χ3n) is 15.6. The van der Waals surface area contributed by atoms with E-state index in [1.807, 2.05) is 49.4 Å². The first kappa shape index (κ1) is 56.7. The van der Waals surface area contributed by atoms with Gasteiger partial charge in [0.2, 0.25) is 6.29 Å². The van der Waals surface area contributed by atoms with Gasteiger partial charge < -0.3 is 20.5 Å². The van der Waals surface area contributed by atoms with E-state index in [-0.39, 0.29) is 58.6 Å². The molecule has 80 heavy (non-hydrogen) atoms. The Morgan fingerprint density at radius 2 is 1.01 bits per heavy atom. The number of aliphatic carboxylic acids is 1. The summed E-state index contributed by atoms with van der Waals surface area (Å²) in [5.41, 5.74) is 4.79. The van der Waals surface area contributed by atoms with Gasteiger partial charge in [0.25, 0.3) is 11.8 Å². The quantitative estimate of drug-likeness (QED) is 0.0611. The number of amides is 2. The number of esters is 1. The lowest BCUT2D eigenvalue weighted by Gasteiger charge is -2.57. The van der Waals surface area contributed by atoms with Crippen LogP contribution in [0.5, 0.6) is 0 Å². The smallest absolute Gasteiger partial charge is 0.446 e. The zero-order valence-electron chi connectivity index (χ0n) is 42.7. The number of hydrogen-bond acceptors (Lipinski definition) is 8. The molecule has 2 spiro atoms. The number of benzene rings is 3. The maximum absolute atomic E-state index is 13.3. The Balaban J connectivity index is 0.000000179. The number of nitrogens with zero attached hydrogens (tertiary/aromatic N) is 4. The van der Waals surface area contributed by atoms with Crippen molar-refractivity contribution in [1.29, 1.82) is 0 Å². The fourth-order valence-corrected chi connectivity index (χ4v) is 11.7. The third-order valence-corrected chi connectivity index (χ3v) is 15.6. The molecule has 13 nitrogen and oxygen atoms in total. The summed E-state index contributed by atoms with van der Waals surface area (Å²) in [6.45, 7) is 1.88. The van der Waals surface area contributed by atoms with Gasteiger partial charge in [-0.3, -0.25) is 24.0 Å². The molecule has 1 atom stereocenters. The summed E-state index contributed by atoms with van der Waals surface area (Å²) in [5, 5.41) is 23.8. The van der Waals surface area contributed by atoms with Gasteiger partial charge in [-0.05, 0) is 146 Å². The molecule has 4 aliphatic carbocycles. The van der Waals surface area contributed by atoms with Crippen LogP contribution in [0.15, 0.2) is 128 Å². The molecule has 4 aromatic heterocycles. The molecule has 3 aromatic carbocycles. The molecule has 0 radical (unpaired) electrons. The van der Waals surface area contributed by atoms with Gasteiger partial charge in [0.15, 0.2) is 0 Å². The summed E-state index contributed by atoms with van der Waals surface area (Å²) in [6.07, 6.45) is -1.49. The molecular weight excluding hydrogens is 1060 g/mol. The van der Waals surface area contributed by atoms with Crippen molar-refractivity contribution in [2.24, 2.45) is 22.7 Å². The number of fused-ring (bicyclic) bond motifs is 2. The third kappa shape index (κ3) is 12.8. The minimum Gasteiger partial charge on any atom is -0.481 e. The second kappa shape index (κ2) is 22.2. The summed E-state index contributed by atoms with van der Waals surface area (Å²) in [5.74, 6) is -1.77. The molecule has 11 rings (SSSR count). The first-order valence-electron chi connectivity index (χ1n) is 25.7. The van der Waals surface area contributed by atoms with E-state index in [1.54, 1.807) is 33.6 Å². The predicted molar refractivity (Wildman–Crippen MR) is 271 cm³/mol. The van der Waals surface area contributed by atoms with E-state index in [4.69, 9.17) is 14.6 Å². The van der Waals surface area contributed by atoms with Crippen molar-refractivity contribution in [3.05, 3.63) is 178 Å². The number of carboxylic acid groups (broad SMARTS) is 1. The summed E-state index contributed by atoms with van der Waals surface area (Å²) >= 11 is 0. The SMILES string of the molecule is C[C@H](OC(=O)C1CC2(CC(NC(=O)c3cnn4cccc(Cc5ccc(C(F)(F)F)cc5)c34)C2)C1)c1ccccc1.O=C(NC1CC2(C1)CC(C(=O)O)C2)c1cnn2cccc(Cc3ccc(C(F)(F)F)cc3)c12.O=CC(F)(F)F. The minimum absolute atomic E-state index is 0.00395. The van der Waals surface area contributed by atoms with E-state index < -0.39 is 41.9 Å². The summed E-state index contributed by atoms with van der Waals surface area (Å²) < 4.78 is 118. The van der Waals surface area contributed by atoms with Crippen molar-refractivity contribution in [3.63, 3.8) is 0 Å². The van der Waals surface area contributed by atoms with E-state index in [0.29, 0.717) is 59.0 Å². The van der Waals surface area contributed by atoms with E-state index in [0.717, 1.165) is 79.5 Å². The molecule has 22 heteroatoms. The van der Waals surface area contributed by atoms with Crippen LogP contribution in [0.1, 0.15) is 124 Å². The monoisotopic (exact) mass is 1120 g/mol. The van der Waals surface area contributed by atoms with Crippen molar-refractivity contribution in [2.45, 2.75) is 108 Å². The molecule has 4 fully saturated rings. The van der Waals surface area contributed by atoms with Crippen LogP contribution in [0.2, 0.25) is 0 Å². The largest absolute Gasteiger partial charge is 0.481 e. The zero-order chi connectivity index (χ0) is 57.4. The maximum Gasteiger partial charge on any atom is 0.446 e. The van der Waals surface area contributed by atoms with Crippen LogP contribution in [-0.2, 0) is 44.3 Å². The number of rotatable bonds is 12. The number of aldehydes is 1. The molecular formula is C58H53F9N6O7. The Labute approximate surface area is 451 Å². The number of carbonyl (C=O) groups is 5. The van der Waals surface area contributed by atoms with Crippen molar-refractivity contribution in [2.75, 3.05) is 0 Å². The van der Waals surface area contributed by atoms with Gasteiger partial charge in [0.05, 0.1) is 57.5 Å². The number of halogens is 9. The van der Waals surface area contributed by atoms with Crippen molar-refractivity contribution in [3.8, 4) is 0 Å². The number of hydrogen-bond donors (Lipinski definition) is 3. The summed E-state index contributed by atoms with van der Waals surface area (Å²) in [4.78, 5) is 58.6. The fraction of sp³-hybridized carbons (Fsp3) is 0.362. The summed E-state index contributed by atoms with van der Waals surface area (Å²) in [6, 6.07) is 27.0. The van der Waals surface area contributed by atoms with E-state index >= 15 is 0 Å². The molecule has 4 heterocycles. The first-order valence-corrected chi connectivity index (χ1v) is 25.7. The molecule has 420 valence electrons. The Morgan fingerprint density at radius 3 is 1.39 bits per heavy atom. The van der Waals surface area contributed by atoms with E-state index in [2.05, 4.69) is 20.8 Å². The lowest BCUT2D eigenvalue weighted by atomic mass is 9.50. The number of ether oxygens (including phenoxy) is 1. The number of alkyl halides is 9. The first-order chi connectivity index (χ1) is 37.8. The van der Waals surface area contributed by atoms with E-state index in [9.17, 15) is 58.7 Å². The van der Waals surface area contributed by atoms with Gasteiger partial charge in [0.1, 0.15) is 6.10 Å². The molecule has 2 amide bonds. The normalized spacial score (nSPS) is 22.4. The van der Waals surface area contributed by atoms with Gasteiger partial charge >= 0.3 is 30.5 Å². The number of carbonyl (C=O) groups excluding carboxylic acids is 4. The maximum atomic E-state index is 13.3. The van der Waals surface area contributed by atoms with Gasteiger partial charge in [-0.25, -0.2) is 9.03 Å². The average Bonchev–Trinajstić information content (AvgIpc) is 4.12. The van der Waals surface area contributed by atoms with Crippen LogP contribution in [0.25, 0.3) is 11.0 Å². The second-order valence-electron chi connectivity index (χ2n) is 21.4. The zero-order valence-corrected chi connectivity index (χ0v) is 42.7. The van der Waals surface area contributed by atoms with Crippen LogP contribution < -0.4 is 10.6 Å². The van der Waals surface area contributed by atoms with Gasteiger partial charge in [0, 0.05) is 24.5 Å². The molecule has 0 bridgehead atoms. The summed E-state index contributed by atoms with van der Waals surface area (Å²) in [7, 11) is 0. The highest BCUT2D eigenvalue weighted by Gasteiger charge is 2.56. The highest BCUT2D eigenvalue weighted by molar-refractivity contribution is 6.02. The van der Waals surface area contributed by atoms with E-state index in [1.165, 1.54) is 36.7 Å². The molecule has 4 aliphatic rings. The fourth-order valence-electron chi connectivity index (χ4n) is 11.7.